The second kappa shape index (κ2) is 9.59. The number of hydrogen-bond acceptors (Lipinski definition) is 7. The Labute approximate surface area is 173 Å². The predicted molar refractivity (Wildman–Crippen MR) is 113 cm³/mol. The Bertz CT molecular complexity index is 1100. The van der Waals surface area contributed by atoms with Crippen LogP contribution in [0.1, 0.15) is 6.42 Å². The van der Waals surface area contributed by atoms with Gasteiger partial charge in [-0.15, -0.1) is 0 Å². The molecule has 0 amide bonds. The van der Waals surface area contributed by atoms with E-state index in [-0.39, 0.29) is 24.3 Å². The Morgan fingerprint density at radius 1 is 1.17 bits per heavy atom. The molecule has 162 valence electrons. The van der Waals surface area contributed by atoms with Crippen LogP contribution in [0.25, 0.3) is 11.2 Å². The number of aryl methyl sites for hydroxylation is 1. The van der Waals surface area contributed by atoms with E-state index in [1.807, 2.05) is 18.2 Å². The highest BCUT2D eigenvalue weighted by molar-refractivity contribution is 5.74. The van der Waals surface area contributed by atoms with Gasteiger partial charge in [0, 0.05) is 34.4 Å². The average Bonchev–Trinajstić information content (AvgIpc) is 3.11. The van der Waals surface area contributed by atoms with Gasteiger partial charge in [0.25, 0.3) is 5.56 Å². The van der Waals surface area contributed by atoms with Gasteiger partial charge in [0.1, 0.15) is 18.5 Å². The van der Waals surface area contributed by atoms with Crippen LogP contribution in [0.3, 0.4) is 0 Å². The van der Waals surface area contributed by atoms with Crippen molar-refractivity contribution in [3.63, 3.8) is 0 Å². The molecule has 0 spiro atoms. The molecule has 0 saturated carbocycles. The van der Waals surface area contributed by atoms with Crippen molar-refractivity contribution in [3.05, 3.63) is 51.2 Å². The van der Waals surface area contributed by atoms with Crippen molar-refractivity contribution in [1.82, 2.24) is 18.7 Å². The summed E-state index contributed by atoms with van der Waals surface area (Å²) >= 11 is 0. The van der Waals surface area contributed by atoms with Crippen LogP contribution in [0.5, 0.6) is 5.75 Å². The third-order valence-electron chi connectivity index (χ3n) is 4.74. The largest absolute Gasteiger partial charge is 0.491 e. The number of ether oxygens (including phenoxy) is 2. The highest BCUT2D eigenvalue weighted by atomic mass is 16.5. The summed E-state index contributed by atoms with van der Waals surface area (Å²) in [5.41, 5.74) is -0.432. The molecule has 10 heteroatoms. The number of aliphatic hydroxyl groups excluding tert-OH is 1. The van der Waals surface area contributed by atoms with Crippen LogP contribution >= 0.6 is 0 Å². The lowest BCUT2D eigenvalue weighted by Gasteiger charge is -2.16. The minimum Gasteiger partial charge on any atom is -0.491 e. The molecule has 3 rings (SSSR count). The van der Waals surface area contributed by atoms with Crippen molar-refractivity contribution in [3.8, 4) is 5.75 Å². The maximum absolute atomic E-state index is 12.8. The summed E-state index contributed by atoms with van der Waals surface area (Å²) in [6, 6.07) is 9.17. The Balaban J connectivity index is 1.91. The van der Waals surface area contributed by atoms with Gasteiger partial charge >= 0.3 is 5.69 Å². The van der Waals surface area contributed by atoms with Crippen LogP contribution in [0.15, 0.2) is 39.9 Å². The summed E-state index contributed by atoms with van der Waals surface area (Å²) in [6.07, 6.45) is -0.167. The topological polar surface area (TPSA) is 113 Å². The smallest absolute Gasteiger partial charge is 0.332 e. The summed E-state index contributed by atoms with van der Waals surface area (Å²) in [4.78, 5) is 29.5. The van der Waals surface area contributed by atoms with Crippen molar-refractivity contribution in [2.45, 2.75) is 19.1 Å². The van der Waals surface area contributed by atoms with Crippen LogP contribution in [0.2, 0.25) is 0 Å². The maximum Gasteiger partial charge on any atom is 0.332 e. The minimum absolute atomic E-state index is 0.0406. The second-order valence-electron chi connectivity index (χ2n) is 6.97. The Morgan fingerprint density at radius 2 is 1.90 bits per heavy atom. The fourth-order valence-corrected chi connectivity index (χ4v) is 3.15. The van der Waals surface area contributed by atoms with Gasteiger partial charge < -0.3 is 24.5 Å². The molecule has 2 aromatic heterocycles. The number of rotatable bonds is 10. The number of fused-ring (bicyclic) bond motifs is 1. The monoisotopic (exact) mass is 417 g/mol. The molecule has 0 aliphatic carbocycles. The second-order valence-corrected chi connectivity index (χ2v) is 6.97. The number of aliphatic hydroxyl groups is 1. The molecule has 1 aromatic carbocycles. The number of para-hydroxylation sites is 1. The van der Waals surface area contributed by atoms with E-state index in [0.29, 0.717) is 24.8 Å². The first-order valence-corrected chi connectivity index (χ1v) is 9.69. The normalized spacial score (nSPS) is 12.3. The van der Waals surface area contributed by atoms with Gasteiger partial charge in [-0.1, -0.05) is 18.2 Å². The molecule has 2 N–H and O–H groups in total. The SMILES string of the molecule is COCCCNc1nc2c(c(=O)n(C)c(=O)n2C)n1CC(O)COc1ccccc1. The number of hydrogen-bond donors (Lipinski definition) is 2. The number of nitrogens with zero attached hydrogens (tertiary/aromatic N) is 4. The quantitative estimate of drug-likeness (QED) is 0.457. The Hall–Kier alpha value is -3.11. The summed E-state index contributed by atoms with van der Waals surface area (Å²) in [7, 11) is 4.60. The predicted octanol–water partition coefficient (Wildman–Crippen LogP) is 0.322. The lowest BCUT2D eigenvalue weighted by molar-refractivity contribution is 0.0938. The molecule has 1 unspecified atom stereocenters. The van der Waals surface area contributed by atoms with Crippen LogP contribution < -0.4 is 21.3 Å². The van der Waals surface area contributed by atoms with Crippen LogP contribution in [0, 0.1) is 0 Å². The third kappa shape index (κ3) is 4.55. The molecule has 1 atom stereocenters. The van der Waals surface area contributed by atoms with Gasteiger partial charge in [-0.2, -0.15) is 4.98 Å². The molecule has 0 bridgehead atoms. The summed E-state index contributed by atoms with van der Waals surface area (Å²) in [5, 5.41) is 13.7. The molecule has 30 heavy (non-hydrogen) atoms. The first-order valence-electron chi connectivity index (χ1n) is 9.69. The molecular weight excluding hydrogens is 390 g/mol. The van der Waals surface area contributed by atoms with E-state index in [2.05, 4.69) is 10.3 Å². The average molecular weight is 417 g/mol. The van der Waals surface area contributed by atoms with E-state index in [0.717, 1.165) is 11.0 Å². The van der Waals surface area contributed by atoms with Crippen LogP contribution in [0.4, 0.5) is 5.95 Å². The van der Waals surface area contributed by atoms with Gasteiger partial charge in [0.15, 0.2) is 11.2 Å². The van der Waals surface area contributed by atoms with Gasteiger partial charge in [-0.3, -0.25) is 13.9 Å². The molecule has 2 heterocycles. The van der Waals surface area contributed by atoms with Crippen LogP contribution in [-0.2, 0) is 25.4 Å². The van der Waals surface area contributed by atoms with Gasteiger partial charge in [0.2, 0.25) is 5.95 Å². The Kier molecular flexibility index (Phi) is 6.91. The van der Waals surface area contributed by atoms with Gasteiger partial charge in [0.05, 0.1) is 6.54 Å². The van der Waals surface area contributed by atoms with Crippen molar-refractivity contribution in [2.75, 3.05) is 32.2 Å². The number of imidazole rings is 1. The molecule has 0 aliphatic rings. The van der Waals surface area contributed by atoms with E-state index in [4.69, 9.17) is 9.47 Å². The van der Waals surface area contributed by atoms with Crippen molar-refractivity contribution >= 4 is 17.1 Å². The lowest BCUT2D eigenvalue weighted by atomic mass is 10.3. The maximum atomic E-state index is 12.8. The van der Waals surface area contributed by atoms with E-state index in [1.165, 1.54) is 11.6 Å². The number of benzene rings is 1. The van der Waals surface area contributed by atoms with Crippen molar-refractivity contribution in [2.24, 2.45) is 14.1 Å². The number of anilines is 1. The lowest BCUT2D eigenvalue weighted by Crippen LogP contribution is -2.38. The summed E-state index contributed by atoms with van der Waals surface area (Å²) in [6.45, 7) is 1.24. The van der Waals surface area contributed by atoms with E-state index < -0.39 is 17.4 Å². The molecule has 0 saturated heterocycles. The zero-order chi connectivity index (χ0) is 21.7. The van der Waals surface area contributed by atoms with Gasteiger partial charge in [-0.05, 0) is 18.6 Å². The van der Waals surface area contributed by atoms with Crippen molar-refractivity contribution in [1.29, 1.82) is 0 Å². The first-order chi connectivity index (χ1) is 14.4. The van der Waals surface area contributed by atoms with E-state index in [9.17, 15) is 14.7 Å². The fraction of sp³-hybridized carbons (Fsp3) is 0.450. The van der Waals surface area contributed by atoms with Gasteiger partial charge in [-0.25, -0.2) is 4.79 Å². The number of nitrogens with one attached hydrogen (secondary N) is 1. The highest BCUT2D eigenvalue weighted by Crippen LogP contribution is 2.17. The van der Waals surface area contributed by atoms with Crippen LogP contribution in [-0.4, -0.2) is 56.8 Å². The molecule has 0 fully saturated rings. The number of aromatic nitrogens is 4. The van der Waals surface area contributed by atoms with E-state index in [1.54, 1.807) is 30.9 Å². The first kappa shape index (κ1) is 21.6. The minimum atomic E-state index is -0.899. The summed E-state index contributed by atoms with van der Waals surface area (Å²) in [5.74, 6) is 1.04. The zero-order valence-electron chi connectivity index (χ0n) is 17.4. The standard InChI is InChI=1S/C20H27N5O5/c1-23-17-16(18(27)24(2)20(23)28)25(19(22-17)21-10-7-11-29-3)12-14(26)13-30-15-8-5-4-6-9-15/h4-6,8-9,14,26H,7,10-13H2,1-3H3,(H,21,22). The molecule has 0 radical (unpaired) electrons. The molecular formula is C20H27N5O5. The number of methoxy groups -OCH3 is 1. The molecule has 0 aliphatic heterocycles. The van der Waals surface area contributed by atoms with Crippen molar-refractivity contribution < 1.29 is 14.6 Å². The van der Waals surface area contributed by atoms with E-state index >= 15 is 0 Å². The Morgan fingerprint density at radius 3 is 2.60 bits per heavy atom. The third-order valence-corrected chi connectivity index (χ3v) is 4.74. The zero-order valence-corrected chi connectivity index (χ0v) is 17.4. The molecule has 3 aromatic rings. The fourth-order valence-electron chi connectivity index (χ4n) is 3.15. The highest BCUT2D eigenvalue weighted by Gasteiger charge is 2.21. The molecule has 10 nitrogen and oxygen atoms in total. The summed E-state index contributed by atoms with van der Waals surface area (Å²) < 4.78 is 14.6.